The number of nitrogens with one attached hydrogen (secondary N) is 1. The molecule has 0 heterocycles. The molecule has 9 heteroatoms. The van der Waals surface area contributed by atoms with Crippen molar-refractivity contribution in [3.63, 3.8) is 0 Å². The van der Waals surface area contributed by atoms with Crippen molar-refractivity contribution >= 4 is 11.7 Å². The third kappa shape index (κ3) is 6.06. The van der Waals surface area contributed by atoms with Crippen LogP contribution in [0.3, 0.4) is 0 Å². The van der Waals surface area contributed by atoms with E-state index in [1.807, 2.05) is 0 Å². The van der Waals surface area contributed by atoms with Crippen molar-refractivity contribution in [2.45, 2.75) is 12.8 Å². The number of carbonyl (C=O) groups excluding carboxylic acids is 1. The van der Waals surface area contributed by atoms with Crippen molar-refractivity contribution in [3.8, 4) is 28.7 Å². The van der Waals surface area contributed by atoms with Crippen LogP contribution in [0.4, 0.5) is 0 Å². The smallest absolute Gasteiger partial charge is 0.546 e. The molecule has 4 N–H and O–H groups in total. The van der Waals surface area contributed by atoms with Gasteiger partial charge in [-0.3, -0.25) is 0 Å². The van der Waals surface area contributed by atoms with E-state index in [0.717, 1.165) is 17.7 Å². The minimum absolute atomic E-state index is 0. The molecule has 0 unspecified atom stereocenters. The Bertz CT molecular complexity index is 815. The van der Waals surface area contributed by atoms with Crippen LogP contribution in [0.15, 0.2) is 30.3 Å². The van der Waals surface area contributed by atoms with Gasteiger partial charge in [0.1, 0.15) is 23.9 Å². The van der Waals surface area contributed by atoms with Crippen molar-refractivity contribution in [3.05, 3.63) is 41.5 Å². The molecule has 138 valence electrons. The van der Waals surface area contributed by atoms with E-state index in [1.54, 1.807) is 12.1 Å². The normalized spacial score (nSPS) is 9.96. The van der Waals surface area contributed by atoms with Crippen molar-refractivity contribution in [1.29, 1.82) is 5.41 Å². The van der Waals surface area contributed by atoms with Gasteiger partial charge in [0.25, 0.3) is 0 Å². The van der Waals surface area contributed by atoms with Gasteiger partial charge in [0.05, 0.1) is 18.6 Å². The molecule has 0 saturated carbocycles. The average Bonchev–Trinajstić information content (AvgIpc) is 2.57. The first-order chi connectivity index (χ1) is 12.3. The molecule has 0 aliphatic rings. The fraction of sp³-hybridized carbons (Fsp3) is 0.222. The van der Waals surface area contributed by atoms with Gasteiger partial charge in [-0.25, -0.2) is 0 Å². The topological polar surface area (TPSA) is 143 Å². The molecule has 2 aromatic carbocycles. The summed E-state index contributed by atoms with van der Waals surface area (Å²) in [5.41, 5.74) is 0.659. The molecule has 0 aliphatic carbocycles. The average molecular weight is 383 g/mol. The zero-order chi connectivity index (χ0) is 19.3. The first-order valence-electron chi connectivity index (χ1n) is 7.64. The van der Waals surface area contributed by atoms with Gasteiger partial charge in [0.2, 0.25) is 0 Å². The Morgan fingerprint density at radius 1 is 1.11 bits per heavy atom. The Labute approximate surface area is 177 Å². The summed E-state index contributed by atoms with van der Waals surface area (Å²) in [6.45, 7) is -0.726. The summed E-state index contributed by atoms with van der Waals surface area (Å²) >= 11 is 0. The third-order valence-corrected chi connectivity index (χ3v) is 3.64. The van der Waals surface area contributed by atoms with E-state index in [9.17, 15) is 25.2 Å². The molecule has 8 nitrogen and oxygen atoms in total. The molecule has 2 rings (SSSR count). The van der Waals surface area contributed by atoms with Crippen LogP contribution in [0, 0.1) is 5.41 Å². The second-order valence-corrected chi connectivity index (χ2v) is 5.48. The molecular formula is C18H18NNaO7. The number of ether oxygens (including phenoxy) is 2. The number of carboxylic acids is 1. The van der Waals surface area contributed by atoms with E-state index in [1.165, 1.54) is 13.2 Å². The second kappa shape index (κ2) is 10.1. The largest absolute Gasteiger partial charge is 1.00 e. The van der Waals surface area contributed by atoms with Gasteiger partial charge in [-0.2, -0.15) is 0 Å². The predicted octanol–water partition coefficient (Wildman–Crippen LogP) is -2.05. The SMILES string of the molecule is COc1ccc(CCC(=N)c2c(O)cc(OCC(=O)[O-])cc2O)cc1O.[Na+]. The van der Waals surface area contributed by atoms with Gasteiger partial charge < -0.3 is 40.1 Å². The number of phenolic OH excluding ortho intramolecular Hbond substituents is 3. The number of aliphatic carboxylic acids is 1. The minimum Gasteiger partial charge on any atom is -0.546 e. The van der Waals surface area contributed by atoms with E-state index in [2.05, 4.69) is 0 Å². The summed E-state index contributed by atoms with van der Waals surface area (Å²) in [7, 11) is 1.44. The summed E-state index contributed by atoms with van der Waals surface area (Å²) < 4.78 is 9.80. The molecule has 0 radical (unpaired) electrons. The maximum Gasteiger partial charge on any atom is 1.00 e. The molecule has 0 bridgehead atoms. The van der Waals surface area contributed by atoms with Gasteiger partial charge in [0.15, 0.2) is 11.5 Å². The van der Waals surface area contributed by atoms with Crippen LogP contribution >= 0.6 is 0 Å². The molecule has 0 amide bonds. The number of hydrogen-bond donors (Lipinski definition) is 4. The van der Waals surface area contributed by atoms with E-state index in [0.29, 0.717) is 12.2 Å². The maximum absolute atomic E-state index is 10.4. The monoisotopic (exact) mass is 383 g/mol. The molecule has 27 heavy (non-hydrogen) atoms. The quantitative estimate of drug-likeness (QED) is 0.303. The van der Waals surface area contributed by atoms with Gasteiger partial charge in [-0.1, -0.05) is 6.07 Å². The van der Waals surface area contributed by atoms with Crippen molar-refractivity contribution in [2.75, 3.05) is 13.7 Å². The van der Waals surface area contributed by atoms with E-state index in [4.69, 9.17) is 14.9 Å². The van der Waals surface area contributed by atoms with Gasteiger partial charge in [-0.05, 0) is 30.5 Å². The Morgan fingerprint density at radius 3 is 2.26 bits per heavy atom. The minimum atomic E-state index is -1.44. The number of phenols is 3. The zero-order valence-corrected chi connectivity index (χ0v) is 17.0. The standard InChI is InChI=1S/C18H19NO7.Na/c1-25-16-5-3-10(6-13(16)20)2-4-12(19)18-14(21)7-11(8-15(18)22)26-9-17(23)24;/h3,5-8,19-22H,2,4,9H2,1H3,(H,23,24);/q;+1/p-1. The summed E-state index contributed by atoms with van der Waals surface area (Å²) in [6, 6.07) is 7.09. The molecular weight excluding hydrogens is 365 g/mol. The van der Waals surface area contributed by atoms with Crippen LogP contribution in [0.1, 0.15) is 17.5 Å². The van der Waals surface area contributed by atoms with Crippen LogP contribution in [-0.2, 0) is 11.2 Å². The third-order valence-electron chi connectivity index (χ3n) is 3.64. The number of hydrogen-bond acceptors (Lipinski definition) is 8. The summed E-state index contributed by atoms with van der Waals surface area (Å²) in [4.78, 5) is 10.4. The first kappa shape index (κ1) is 22.6. The van der Waals surface area contributed by atoms with Crippen LogP contribution in [-0.4, -0.2) is 40.7 Å². The van der Waals surface area contributed by atoms with Crippen LogP contribution in [0.2, 0.25) is 0 Å². The van der Waals surface area contributed by atoms with Crippen LogP contribution in [0.5, 0.6) is 28.7 Å². The van der Waals surface area contributed by atoms with Crippen molar-refractivity contribution in [1.82, 2.24) is 0 Å². The predicted molar refractivity (Wildman–Crippen MR) is 90.1 cm³/mol. The van der Waals surface area contributed by atoms with Crippen molar-refractivity contribution < 1.29 is 64.3 Å². The number of methoxy groups -OCH3 is 1. The zero-order valence-electron chi connectivity index (χ0n) is 15.0. The van der Waals surface area contributed by atoms with Gasteiger partial charge >= 0.3 is 29.6 Å². The summed E-state index contributed by atoms with van der Waals surface area (Å²) in [5, 5.41) is 48.3. The van der Waals surface area contributed by atoms with E-state index < -0.39 is 24.1 Å². The molecule has 2 aromatic rings. The number of benzene rings is 2. The summed E-state index contributed by atoms with van der Waals surface area (Å²) in [5.74, 6) is -1.98. The Balaban J connectivity index is 0.00000364. The molecule has 0 aromatic heterocycles. The summed E-state index contributed by atoms with van der Waals surface area (Å²) in [6.07, 6.45) is 0.574. The molecule has 0 saturated heterocycles. The molecule has 0 aliphatic heterocycles. The van der Waals surface area contributed by atoms with Crippen LogP contribution in [0.25, 0.3) is 0 Å². The van der Waals surface area contributed by atoms with Gasteiger partial charge in [0, 0.05) is 17.8 Å². The van der Waals surface area contributed by atoms with E-state index in [-0.39, 0.29) is 58.8 Å². The molecule has 0 fully saturated rings. The Kier molecular flexibility index (Phi) is 8.42. The number of rotatable bonds is 8. The fourth-order valence-electron chi connectivity index (χ4n) is 2.41. The van der Waals surface area contributed by atoms with Crippen LogP contribution < -0.4 is 44.1 Å². The second-order valence-electron chi connectivity index (χ2n) is 5.48. The number of aryl methyl sites for hydroxylation is 1. The number of aromatic hydroxyl groups is 3. The first-order valence-corrected chi connectivity index (χ1v) is 7.64. The number of carbonyl (C=O) groups is 1. The molecule has 0 atom stereocenters. The number of carboxylic acid groups (broad SMARTS) is 1. The van der Waals surface area contributed by atoms with E-state index >= 15 is 0 Å². The van der Waals surface area contributed by atoms with Gasteiger partial charge in [-0.15, -0.1) is 0 Å². The fourth-order valence-corrected chi connectivity index (χ4v) is 2.41. The Hall–Kier alpha value is -2.42. The molecule has 0 spiro atoms. The van der Waals surface area contributed by atoms with Crippen molar-refractivity contribution in [2.24, 2.45) is 0 Å². The Morgan fingerprint density at radius 2 is 1.74 bits per heavy atom. The maximum atomic E-state index is 10.4.